The number of carbonyl (C=O) groups excluding carboxylic acids is 1. The highest BCUT2D eigenvalue weighted by atomic mass is 32.2. The molecule has 0 bridgehead atoms. The first-order valence-electron chi connectivity index (χ1n) is 11.0. The summed E-state index contributed by atoms with van der Waals surface area (Å²) in [6.45, 7) is 8.23. The zero-order valence-electron chi connectivity index (χ0n) is 19.7. The van der Waals surface area contributed by atoms with Crippen LogP contribution in [0.25, 0.3) is 10.2 Å². The summed E-state index contributed by atoms with van der Waals surface area (Å²) in [5.41, 5.74) is 0.889. The minimum Gasteiger partial charge on any atom is -0.373 e. The molecule has 3 aromatic rings. The highest BCUT2D eigenvalue weighted by Crippen LogP contribution is 2.23. The third kappa shape index (κ3) is 5.36. The van der Waals surface area contributed by atoms with Crippen LogP contribution in [0.4, 0.5) is 0 Å². The van der Waals surface area contributed by atoms with Crippen molar-refractivity contribution in [3.8, 4) is 0 Å². The molecule has 10 nitrogen and oxygen atoms in total. The summed E-state index contributed by atoms with van der Waals surface area (Å²) in [5.74, 6) is -0.566. The standard InChI is InChI=1S/C23H26N4O6S3/c1-4-11-27-20-10-9-19(35(24,29)30)12-21(20)34-23(27)25-22(28)17-5-7-18(8-6-17)36(31,32)26-13-15(2)33-16(3)14-26/h4-10,12,15-16H,1,11,13-14H2,2-3H3,(H2,24,29,30)/t15-,16+. The predicted molar refractivity (Wildman–Crippen MR) is 136 cm³/mol. The van der Waals surface area contributed by atoms with Crippen LogP contribution in [0.15, 0.2) is 69.9 Å². The molecule has 0 unspecified atom stereocenters. The van der Waals surface area contributed by atoms with Crippen LogP contribution in [0, 0.1) is 0 Å². The summed E-state index contributed by atoms with van der Waals surface area (Å²) in [7, 11) is -7.62. The maximum absolute atomic E-state index is 13.1. The van der Waals surface area contributed by atoms with Crippen LogP contribution in [-0.2, 0) is 31.3 Å². The molecule has 13 heteroatoms. The molecule has 1 aliphatic rings. The Balaban J connectivity index is 1.67. The van der Waals surface area contributed by atoms with Crippen LogP contribution >= 0.6 is 11.3 Å². The molecule has 1 amide bonds. The molecule has 0 saturated carbocycles. The Morgan fingerprint density at radius 3 is 2.31 bits per heavy atom. The van der Waals surface area contributed by atoms with Crippen molar-refractivity contribution in [1.82, 2.24) is 8.87 Å². The van der Waals surface area contributed by atoms with Crippen LogP contribution in [-0.4, -0.2) is 56.9 Å². The first-order chi connectivity index (χ1) is 16.9. The molecule has 1 saturated heterocycles. The Bertz CT molecular complexity index is 1600. The van der Waals surface area contributed by atoms with E-state index >= 15 is 0 Å². The summed E-state index contributed by atoms with van der Waals surface area (Å²) < 4.78 is 58.9. The summed E-state index contributed by atoms with van der Waals surface area (Å²) in [6.07, 6.45) is 1.21. The number of hydrogen-bond acceptors (Lipinski definition) is 7. The molecule has 0 aliphatic carbocycles. The second-order valence-corrected chi connectivity index (χ2v) is 13.0. The number of sulfonamides is 2. The average Bonchev–Trinajstić information content (AvgIpc) is 3.14. The third-order valence-electron chi connectivity index (χ3n) is 5.62. The Kier molecular flexibility index (Phi) is 7.33. The lowest BCUT2D eigenvalue weighted by atomic mass is 10.2. The van der Waals surface area contributed by atoms with Crippen molar-refractivity contribution in [2.45, 2.75) is 42.4 Å². The van der Waals surface area contributed by atoms with E-state index in [1.165, 1.54) is 40.7 Å². The zero-order valence-corrected chi connectivity index (χ0v) is 22.1. The van der Waals surface area contributed by atoms with Crippen molar-refractivity contribution >= 4 is 47.5 Å². The number of ether oxygens (including phenoxy) is 1. The minimum absolute atomic E-state index is 0.0410. The minimum atomic E-state index is -3.89. The largest absolute Gasteiger partial charge is 0.373 e. The molecule has 0 spiro atoms. The van der Waals surface area contributed by atoms with Gasteiger partial charge in [-0.1, -0.05) is 17.4 Å². The van der Waals surface area contributed by atoms with E-state index in [0.29, 0.717) is 21.6 Å². The summed E-state index contributed by atoms with van der Waals surface area (Å²) in [4.78, 5) is 17.5. The molecular weight excluding hydrogens is 524 g/mol. The smallest absolute Gasteiger partial charge is 0.279 e. The number of amides is 1. The van der Waals surface area contributed by atoms with Gasteiger partial charge in [-0.05, 0) is 56.3 Å². The fourth-order valence-corrected chi connectivity index (χ4v) is 7.30. The van der Waals surface area contributed by atoms with E-state index in [1.54, 1.807) is 16.7 Å². The third-order valence-corrected chi connectivity index (χ3v) is 9.41. The van der Waals surface area contributed by atoms with Crippen LogP contribution in [0.1, 0.15) is 24.2 Å². The van der Waals surface area contributed by atoms with Gasteiger partial charge in [0.1, 0.15) is 0 Å². The molecule has 2 aromatic carbocycles. The maximum atomic E-state index is 13.1. The van der Waals surface area contributed by atoms with E-state index in [2.05, 4.69) is 11.6 Å². The van der Waals surface area contributed by atoms with E-state index in [0.717, 1.165) is 11.3 Å². The Labute approximate surface area is 213 Å². The van der Waals surface area contributed by atoms with Crippen molar-refractivity contribution in [2.24, 2.45) is 10.1 Å². The molecule has 0 radical (unpaired) electrons. The van der Waals surface area contributed by atoms with E-state index in [4.69, 9.17) is 9.88 Å². The molecule has 1 fully saturated rings. The van der Waals surface area contributed by atoms with E-state index in [9.17, 15) is 21.6 Å². The number of nitrogens with zero attached hydrogens (tertiary/aromatic N) is 3. The molecule has 2 N–H and O–H groups in total. The van der Waals surface area contributed by atoms with E-state index < -0.39 is 26.0 Å². The topological polar surface area (TPSA) is 141 Å². The van der Waals surface area contributed by atoms with Gasteiger partial charge in [0.2, 0.25) is 20.0 Å². The number of fused-ring (bicyclic) bond motifs is 1. The number of hydrogen-bond donors (Lipinski definition) is 1. The molecule has 192 valence electrons. The highest BCUT2D eigenvalue weighted by molar-refractivity contribution is 7.89. The van der Waals surface area contributed by atoms with E-state index in [-0.39, 0.29) is 40.7 Å². The maximum Gasteiger partial charge on any atom is 0.279 e. The quantitative estimate of drug-likeness (QED) is 0.466. The summed E-state index contributed by atoms with van der Waals surface area (Å²) in [6, 6.07) is 10.1. The first-order valence-corrected chi connectivity index (χ1v) is 14.8. The normalized spacial score (nSPS) is 20.0. The van der Waals surface area contributed by atoms with Gasteiger partial charge in [0.15, 0.2) is 4.80 Å². The van der Waals surface area contributed by atoms with Crippen LogP contribution in [0.3, 0.4) is 0 Å². The van der Waals surface area contributed by atoms with Gasteiger partial charge in [0, 0.05) is 25.2 Å². The van der Waals surface area contributed by atoms with Crippen LogP contribution in [0.2, 0.25) is 0 Å². The first kappa shape index (κ1) is 26.4. The molecule has 4 rings (SSSR count). The number of nitrogens with two attached hydrogens (primary N) is 1. The van der Waals surface area contributed by atoms with Crippen molar-refractivity contribution < 1.29 is 26.4 Å². The molecular formula is C23H26N4O6S3. The monoisotopic (exact) mass is 550 g/mol. The lowest BCUT2D eigenvalue weighted by Crippen LogP contribution is -2.48. The van der Waals surface area contributed by atoms with Crippen LogP contribution in [0.5, 0.6) is 0 Å². The summed E-state index contributed by atoms with van der Waals surface area (Å²) in [5, 5.41) is 5.24. The van der Waals surface area contributed by atoms with Gasteiger partial charge >= 0.3 is 0 Å². The number of rotatable bonds is 6. The summed E-state index contributed by atoms with van der Waals surface area (Å²) >= 11 is 1.14. The van der Waals surface area contributed by atoms with Gasteiger partial charge in [-0.25, -0.2) is 22.0 Å². The van der Waals surface area contributed by atoms with Gasteiger partial charge in [-0.2, -0.15) is 9.30 Å². The SMILES string of the molecule is C=CCn1c(=NC(=O)c2ccc(S(=O)(=O)N3C[C@@H](C)O[C@@H](C)C3)cc2)sc2cc(S(N)(=O)=O)ccc21. The molecule has 1 aliphatic heterocycles. The second-order valence-electron chi connectivity index (χ2n) is 8.48. The highest BCUT2D eigenvalue weighted by Gasteiger charge is 2.32. The lowest BCUT2D eigenvalue weighted by Gasteiger charge is -2.34. The van der Waals surface area contributed by atoms with Gasteiger partial charge in [0.25, 0.3) is 5.91 Å². The molecule has 2 atom stereocenters. The average molecular weight is 551 g/mol. The number of thiazole rings is 1. The van der Waals surface area contributed by atoms with E-state index in [1.807, 2.05) is 13.8 Å². The second kappa shape index (κ2) is 10.00. The van der Waals surface area contributed by atoms with Gasteiger partial charge < -0.3 is 9.30 Å². The van der Waals surface area contributed by atoms with Gasteiger partial charge in [0.05, 0.1) is 32.2 Å². The Hall–Kier alpha value is -2.68. The Morgan fingerprint density at radius 2 is 1.72 bits per heavy atom. The number of benzene rings is 2. The molecule has 2 heterocycles. The fourth-order valence-electron chi connectivity index (χ4n) is 4.02. The number of carbonyl (C=O) groups is 1. The van der Waals surface area contributed by atoms with Crippen molar-refractivity contribution in [2.75, 3.05) is 13.1 Å². The number of aromatic nitrogens is 1. The zero-order chi connectivity index (χ0) is 26.3. The van der Waals surface area contributed by atoms with Crippen LogP contribution < -0.4 is 9.94 Å². The molecule has 1 aromatic heterocycles. The van der Waals surface area contributed by atoms with Crippen molar-refractivity contribution in [3.05, 3.63) is 65.5 Å². The van der Waals surface area contributed by atoms with Gasteiger partial charge in [-0.3, -0.25) is 4.79 Å². The Morgan fingerprint density at radius 1 is 1.11 bits per heavy atom. The predicted octanol–water partition coefficient (Wildman–Crippen LogP) is 2.08. The van der Waals surface area contributed by atoms with Crippen molar-refractivity contribution in [1.29, 1.82) is 0 Å². The molecule has 36 heavy (non-hydrogen) atoms. The lowest BCUT2D eigenvalue weighted by molar-refractivity contribution is -0.0440. The number of morpholine rings is 1. The fraction of sp³-hybridized carbons (Fsp3) is 0.304. The van der Waals surface area contributed by atoms with Gasteiger partial charge in [-0.15, -0.1) is 6.58 Å². The van der Waals surface area contributed by atoms with Crippen molar-refractivity contribution in [3.63, 3.8) is 0 Å². The number of allylic oxidation sites excluding steroid dienone is 1. The number of primary sulfonamides is 1.